The lowest BCUT2D eigenvalue weighted by molar-refractivity contribution is -0.118. The maximum Gasteiger partial charge on any atom is 0.432 e. The second-order valence-electron chi connectivity index (χ2n) is 14.2. The van der Waals surface area contributed by atoms with Crippen molar-refractivity contribution in [1.29, 1.82) is 0 Å². The maximum absolute atomic E-state index is 13.6. The van der Waals surface area contributed by atoms with Gasteiger partial charge in [-0.25, -0.2) is 18.5 Å². The van der Waals surface area contributed by atoms with Gasteiger partial charge in [-0.1, -0.05) is 71.6 Å². The Morgan fingerprint density at radius 3 is 2.13 bits per heavy atom. The van der Waals surface area contributed by atoms with E-state index >= 15 is 0 Å². The van der Waals surface area contributed by atoms with Gasteiger partial charge >= 0.3 is 21.2 Å². The number of carbonyl (C=O) groups excluding carboxylic acids is 1. The van der Waals surface area contributed by atoms with Crippen molar-refractivity contribution >= 4 is 21.4 Å². The fourth-order valence-electron chi connectivity index (χ4n) is 6.26. The Morgan fingerprint density at radius 2 is 1.56 bits per heavy atom. The van der Waals surface area contributed by atoms with Crippen LogP contribution in [0.25, 0.3) is 0 Å². The molecule has 3 rings (SSSR count). The van der Waals surface area contributed by atoms with Crippen LogP contribution in [0, 0.1) is 5.92 Å². The summed E-state index contributed by atoms with van der Waals surface area (Å²) in [6.45, 7) is 1.49. The van der Waals surface area contributed by atoms with Crippen LogP contribution in [0.4, 0.5) is 0 Å². The zero-order valence-electron chi connectivity index (χ0n) is 31.3. The molecule has 2 aliphatic rings. The molecule has 1 aromatic rings. The molecular weight excluding hydrogens is 772 g/mol. The lowest BCUT2D eigenvalue weighted by Crippen LogP contribution is -2.38. The van der Waals surface area contributed by atoms with Gasteiger partial charge in [0.05, 0.1) is 13.2 Å². The van der Waals surface area contributed by atoms with Crippen LogP contribution in [-0.4, -0.2) is 130 Å². The van der Waals surface area contributed by atoms with Gasteiger partial charge in [0.2, 0.25) is 5.91 Å². The van der Waals surface area contributed by atoms with Crippen LogP contribution in [0.15, 0.2) is 33.2 Å². The smallest absolute Gasteiger partial charge is 0.432 e. The first-order valence-electron chi connectivity index (χ1n) is 18.3. The number of aliphatic hydroxyl groups is 5. The summed E-state index contributed by atoms with van der Waals surface area (Å²) in [6.07, 6.45) is -1.19. The number of H-pyrrole nitrogens is 1. The molecule has 1 amide bonds. The third-order valence-corrected chi connectivity index (χ3v) is 13.0. The number of ether oxygens (including phenoxy) is 2. The summed E-state index contributed by atoms with van der Waals surface area (Å²) in [5, 5.41) is 53.4. The van der Waals surface area contributed by atoms with Gasteiger partial charge < -0.3 is 50.5 Å². The highest BCUT2D eigenvalue weighted by Gasteiger charge is 2.53. The number of carbonyl (C=O) groups is 1. The monoisotopic (exact) mass is 829 g/mol. The van der Waals surface area contributed by atoms with Crippen molar-refractivity contribution in [2.75, 3.05) is 33.4 Å². The number of rotatable bonds is 25. The normalized spacial score (nSPS) is 26.6. The molecule has 1 aliphatic carbocycles. The topological polar surface area (TPSA) is 317 Å². The number of unbranched alkanes of at least 4 members (excludes halogenated alkanes) is 8. The van der Waals surface area contributed by atoms with Gasteiger partial charge in [-0.15, -0.1) is 4.44 Å². The summed E-state index contributed by atoms with van der Waals surface area (Å²) in [7, 11) is -9.80. The van der Waals surface area contributed by atoms with E-state index in [1.54, 1.807) is 0 Å². The van der Waals surface area contributed by atoms with Crippen LogP contribution < -0.4 is 17.0 Å². The first-order chi connectivity index (χ1) is 25.8. The predicted molar refractivity (Wildman–Crippen MR) is 194 cm³/mol. The summed E-state index contributed by atoms with van der Waals surface area (Å²) < 4.78 is 49.1. The molecule has 0 spiro atoms. The fraction of sp³-hybridized carbons (Fsp3) is 0.781. The van der Waals surface area contributed by atoms with E-state index in [4.69, 9.17) is 24.4 Å². The van der Waals surface area contributed by atoms with Crippen molar-refractivity contribution in [2.24, 2.45) is 11.7 Å². The molecule has 10 N–H and O–H groups in total. The summed E-state index contributed by atoms with van der Waals surface area (Å²) in [5.74, 6) is -1.28. The highest BCUT2D eigenvalue weighted by Crippen LogP contribution is 2.64. The predicted octanol–water partition coefficient (Wildman–Crippen LogP) is -0.0521. The maximum atomic E-state index is 13.6. The molecule has 0 saturated carbocycles. The van der Waals surface area contributed by atoms with Gasteiger partial charge in [-0.2, -0.15) is 5.06 Å². The molecular formula is C32H57N5O16P2. The number of nitrogens with one attached hydrogen (secondary N) is 1. The summed E-state index contributed by atoms with van der Waals surface area (Å²) in [6, 6.07) is 0.970. The molecule has 1 aliphatic heterocycles. The number of aromatic amines is 1. The fourth-order valence-corrected chi connectivity index (χ4v) is 9.42. The number of primary amides is 1. The number of aliphatic hydroxyl groups excluding tert-OH is 5. The number of hydrogen-bond donors (Lipinski definition) is 9. The summed E-state index contributed by atoms with van der Waals surface area (Å²) >= 11 is 0. The van der Waals surface area contributed by atoms with E-state index in [1.807, 2.05) is 4.98 Å². The zero-order valence-corrected chi connectivity index (χ0v) is 33.1. The molecule has 0 radical (unpaired) electrons. The van der Waals surface area contributed by atoms with Crippen LogP contribution in [0.5, 0.6) is 0 Å². The van der Waals surface area contributed by atoms with Gasteiger partial charge in [-0.3, -0.25) is 23.7 Å². The number of hydroxylamine groups is 2. The Morgan fingerprint density at radius 1 is 0.964 bits per heavy atom. The minimum absolute atomic E-state index is 0.135. The third-order valence-electron chi connectivity index (χ3n) is 9.23. The molecule has 21 nitrogen and oxygen atoms in total. The molecule has 9 atom stereocenters. The Hall–Kier alpha value is -2.33. The number of amides is 1. The molecule has 0 aromatic carbocycles. The Balaban J connectivity index is 1.64. The van der Waals surface area contributed by atoms with Gasteiger partial charge in [0.15, 0.2) is 12.3 Å². The SMILES string of the molecule is CC(C)CCCCCCCCCCCN(C)OP(=O)(O)N(CC(N)=O)P(=O)(O)OC1C(OC[C@H]2O[C@@H](n3ccc(=O)[nH]c3=O)[C@H](O)[C@@H]2O)=C(CO)C(O)C1O. The minimum atomic E-state index is -5.70. The van der Waals surface area contributed by atoms with Crippen LogP contribution >= 0.6 is 15.5 Å². The van der Waals surface area contributed by atoms with Crippen LogP contribution in [0.1, 0.15) is 84.3 Å². The summed E-state index contributed by atoms with van der Waals surface area (Å²) in [4.78, 5) is 59.4. The van der Waals surface area contributed by atoms with Gasteiger partial charge in [0, 0.05) is 31.4 Å². The molecule has 2 heterocycles. The number of nitrogens with zero attached hydrogens (tertiary/aromatic N) is 3. The standard InChI is InChI=1S/C32H57N5O16P2/c1-20(2)13-11-9-7-5-4-6-8-10-12-15-35(3)53-55(48,49)37(17-23(33)39)54(46,47)52-30-27(43)25(41)21(18-38)29(30)50-19-22-26(42)28(44)31(51-22)36-16-14-24(40)34-32(36)45/h14,16,20,22,25-28,30-31,38,41-44H,4-13,15,17-19H2,1-3H3,(H2,33,39)(H,46,47)(H,48,49)(H,34,40,45)/t22-,25?,26-,27?,28-,30?,31-/m1/s1. The van der Waals surface area contributed by atoms with E-state index in [0.29, 0.717) is 12.3 Å². The zero-order chi connectivity index (χ0) is 41.1. The average Bonchev–Trinajstić information content (AvgIpc) is 3.49. The lowest BCUT2D eigenvalue weighted by atomic mass is 10.0. The van der Waals surface area contributed by atoms with E-state index in [2.05, 4.69) is 13.8 Å². The number of aromatic nitrogens is 2. The van der Waals surface area contributed by atoms with Crippen molar-refractivity contribution < 1.29 is 67.9 Å². The molecule has 0 bridgehead atoms. The quantitative estimate of drug-likeness (QED) is 0.0354. The molecule has 1 saturated heterocycles. The van der Waals surface area contributed by atoms with E-state index in [-0.39, 0.29) is 11.0 Å². The Bertz CT molecular complexity index is 1640. The second kappa shape index (κ2) is 21.4. The first-order valence-corrected chi connectivity index (χ1v) is 21.3. The Labute approximate surface area is 318 Å². The molecule has 5 unspecified atom stereocenters. The average molecular weight is 830 g/mol. The number of nitrogens with two attached hydrogens (primary N) is 1. The molecule has 1 aromatic heterocycles. The molecule has 316 valence electrons. The molecule has 23 heteroatoms. The van der Waals surface area contributed by atoms with Crippen molar-refractivity contribution in [1.82, 2.24) is 19.1 Å². The van der Waals surface area contributed by atoms with Crippen molar-refractivity contribution in [3.63, 3.8) is 0 Å². The van der Waals surface area contributed by atoms with Crippen LogP contribution in [0.3, 0.4) is 0 Å². The number of hydrogen-bond acceptors (Lipinski definition) is 15. The third kappa shape index (κ3) is 13.4. The Kier molecular flexibility index (Phi) is 18.3. The summed E-state index contributed by atoms with van der Waals surface area (Å²) in [5.41, 5.74) is 3.06. The minimum Gasteiger partial charge on any atom is -0.492 e. The van der Waals surface area contributed by atoms with Crippen molar-refractivity contribution in [3.8, 4) is 0 Å². The largest absolute Gasteiger partial charge is 0.492 e. The van der Waals surface area contributed by atoms with Gasteiger partial charge in [0.25, 0.3) is 5.56 Å². The van der Waals surface area contributed by atoms with E-state index < -0.39 is 107 Å². The van der Waals surface area contributed by atoms with Crippen molar-refractivity contribution in [2.45, 2.75) is 121 Å². The highest BCUT2D eigenvalue weighted by atomic mass is 31.3. The van der Waals surface area contributed by atoms with Gasteiger partial charge in [-0.05, 0) is 12.3 Å². The van der Waals surface area contributed by atoms with E-state index in [1.165, 1.54) is 32.7 Å². The van der Waals surface area contributed by atoms with E-state index in [9.17, 15) is 58.8 Å². The van der Waals surface area contributed by atoms with Crippen LogP contribution in [0.2, 0.25) is 0 Å². The highest BCUT2D eigenvalue weighted by molar-refractivity contribution is 7.66. The lowest BCUT2D eigenvalue weighted by Gasteiger charge is -2.32. The van der Waals surface area contributed by atoms with Crippen LogP contribution in [-0.2, 0) is 32.5 Å². The molecule has 1 fully saturated rings. The molecule has 55 heavy (non-hydrogen) atoms. The second-order valence-corrected chi connectivity index (χ2v) is 17.8. The van der Waals surface area contributed by atoms with E-state index in [0.717, 1.165) is 54.0 Å². The van der Waals surface area contributed by atoms with Crippen molar-refractivity contribution in [3.05, 3.63) is 44.4 Å². The van der Waals surface area contributed by atoms with Gasteiger partial charge in [0.1, 0.15) is 42.9 Å². The first kappa shape index (κ1) is 47.0.